The largest absolute Gasteiger partial charge is 0.381 e. The van der Waals surface area contributed by atoms with Gasteiger partial charge in [-0.25, -0.2) is 4.98 Å². The van der Waals surface area contributed by atoms with Crippen molar-refractivity contribution in [3.05, 3.63) is 5.38 Å². The van der Waals surface area contributed by atoms with Crippen molar-refractivity contribution in [3.8, 4) is 0 Å². The number of hydrogen-bond donors (Lipinski definition) is 1. The Morgan fingerprint density at radius 1 is 1.35 bits per heavy atom. The first-order valence-corrected chi connectivity index (χ1v) is 8.30. The predicted octanol–water partition coefficient (Wildman–Crippen LogP) is 2.50. The minimum Gasteiger partial charge on any atom is -0.381 e. The van der Waals surface area contributed by atoms with Crippen LogP contribution in [0.3, 0.4) is 0 Å². The molecule has 0 spiro atoms. The van der Waals surface area contributed by atoms with Crippen molar-refractivity contribution in [1.82, 2.24) is 4.98 Å². The van der Waals surface area contributed by atoms with E-state index in [2.05, 4.69) is 15.2 Å². The average Bonchev–Trinajstić information content (AvgIpc) is 2.97. The maximum atomic E-state index is 12.1. The fourth-order valence-corrected chi connectivity index (χ4v) is 3.54. The molecule has 0 aromatic carbocycles. The second kappa shape index (κ2) is 6.54. The Labute approximate surface area is 123 Å². The topological polar surface area (TPSA) is 54.5 Å². The zero-order chi connectivity index (χ0) is 13.8. The zero-order valence-electron chi connectivity index (χ0n) is 11.6. The van der Waals surface area contributed by atoms with E-state index in [0.29, 0.717) is 12.4 Å². The highest BCUT2D eigenvalue weighted by atomic mass is 32.1. The molecule has 0 saturated carbocycles. The number of carbonyl (C=O) groups excluding carboxylic acids is 1. The van der Waals surface area contributed by atoms with Crippen LogP contribution < -0.4 is 10.2 Å². The number of piperidine rings is 1. The van der Waals surface area contributed by atoms with Gasteiger partial charge < -0.3 is 15.0 Å². The number of thiazole rings is 1. The Morgan fingerprint density at radius 3 is 2.95 bits per heavy atom. The molecule has 1 atom stereocenters. The van der Waals surface area contributed by atoms with Crippen LogP contribution in [0.25, 0.3) is 0 Å². The summed E-state index contributed by atoms with van der Waals surface area (Å²) in [5, 5.41) is 5.89. The molecule has 3 rings (SSSR count). The van der Waals surface area contributed by atoms with Gasteiger partial charge in [0.15, 0.2) is 5.13 Å². The van der Waals surface area contributed by atoms with E-state index in [-0.39, 0.29) is 11.8 Å². The van der Waals surface area contributed by atoms with Gasteiger partial charge in [0.2, 0.25) is 5.91 Å². The summed E-state index contributed by atoms with van der Waals surface area (Å²) in [6.45, 7) is 3.48. The van der Waals surface area contributed by atoms with Crippen molar-refractivity contribution in [2.24, 2.45) is 5.92 Å². The molecule has 5 nitrogen and oxygen atoms in total. The van der Waals surface area contributed by atoms with Crippen LogP contribution in [0.15, 0.2) is 5.38 Å². The lowest BCUT2D eigenvalue weighted by molar-refractivity contribution is -0.123. The number of rotatable bonds is 3. The smallest absolute Gasteiger partial charge is 0.230 e. The second-order valence-electron chi connectivity index (χ2n) is 5.47. The molecule has 1 amide bonds. The summed E-state index contributed by atoms with van der Waals surface area (Å²) in [6, 6.07) is 0. The van der Waals surface area contributed by atoms with Crippen molar-refractivity contribution in [2.75, 3.05) is 36.5 Å². The summed E-state index contributed by atoms with van der Waals surface area (Å²) < 4.78 is 5.35. The highest BCUT2D eigenvalue weighted by Crippen LogP contribution is 2.26. The van der Waals surface area contributed by atoms with Gasteiger partial charge in [-0.05, 0) is 32.1 Å². The van der Waals surface area contributed by atoms with E-state index in [1.54, 1.807) is 11.3 Å². The van der Waals surface area contributed by atoms with Crippen molar-refractivity contribution in [2.45, 2.75) is 32.1 Å². The van der Waals surface area contributed by atoms with E-state index >= 15 is 0 Å². The molecule has 0 aliphatic carbocycles. The zero-order valence-corrected chi connectivity index (χ0v) is 12.5. The molecule has 1 aromatic heterocycles. The van der Waals surface area contributed by atoms with Crippen LogP contribution in [0, 0.1) is 5.92 Å². The first kappa shape index (κ1) is 13.8. The van der Waals surface area contributed by atoms with Gasteiger partial charge in [-0.15, -0.1) is 11.3 Å². The fourth-order valence-electron chi connectivity index (χ4n) is 2.73. The number of aromatic nitrogens is 1. The third-order valence-corrected chi connectivity index (χ3v) is 4.80. The van der Waals surface area contributed by atoms with Crippen LogP contribution >= 0.6 is 11.3 Å². The third kappa shape index (κ3) is 3.30. The number of carbonyl (C=O) groups is 1. The fraction of sp³-hybridized carbons (Fsp3) is 0.714. The Morgan fingerprint density at radius 2 is 2.20 bits per heavy atom. The molecule has 3 heterocycles. The Hall–Kier alpha value is -1.14. The standard InChI is InChI=1S/C14H21N3O2S/c18-13(11-5-4-8-19-9-11)15-12-10-20-14(16-12)17-6-2-1-3-7-17/h10-11H,1-9H2,(H,15,18)/t11-/m0/s1. The summed E-state index contributed by atoms with van der Waals surface area (Å²) in [6.07, 6.45) is 5.66. The summed E-state index contributed by atoms with van der Waals surface area (Å²) in [7, 11) is 0. The van der Waals surface area contributed by atoms with E-state index in [4.69, 9.17) is 4.74 Å². The van der Waals surface area contributed by atoms with Crippen molar-refractivity contribution in [1.29, 1.82) is 0 Å². The van der Waals surface area contributed by atoms with Gasteiger partial charge in [-0.1, -0.05) is 0 Å². The summed E-state index contributed by atoms with van der Waals surface area (Å²) in [5.41, 5.74) is 0. The number of anilines is 2. The maximum absolute atomic E-state index is 12.1. The Bertz CT molecular complexity index is 451. The van der Waals surface area contributed by atoms with Gasteiger partial charge in [-0.2, -0.15) is 0 Å². The van der Waals surface area contributed by atoms with Gasteiger partial charge in [-0.3, -0.25) is 4.79 Å². The molecule has 0 radical (unpaired) electrons. The molecule has 20 heavy (non-hydrogen) atoms. The highest BCUT2D eigenvalue weighted by molar-refractivity contribution is 7.14. The van der Waals surface area contributed by atoms with E-state index in [1.807, 2.05) is 5.38 Å². The van der Waals surface area contributed by atoms with Crippen molar-refractivity contribution < 1.29 is 9.53 Å². The number of nitrogens with zero attached hydrogens (tertiary/aromatic N) is 2. The van der Waals surface area contributed by atoms with E-state index < -0.39 is 0 Å². The van der Waals surface area contributed by atoms with Crippen molar-refractivity contribution >= 4 is 28.2 Å². The average molecular weight is 295 g/mol. The second-order valence-corrected chi connectivity index (χ2v) is 6.30. The van der Waals surface area contributed by atoms with Crippen LogP contribution in [0.5, 0.6) is 0 Å². The Kier molecular flexibility index (Phi) is 4.52. The first-order valence-electron chi connectivity index (χ1n) is 7.42. The van der Waals surface area contributed by atoms with Crippen molar-refractivity contribution in [3.63, 3.8) is 0 Å². The third-order valence-electron chi connectivity index (χ3n) is 3.90. The molecule has 2 aliphatic rings. The number of amides is 1. The molecule has 2 saturated heterocycles. The van der Waals surface area contributed by atoms with Gasteiger partial charge >= 0.3 is 0 Å². The lowest BCUT2D eigenvalue weighted by Gasteiger charge is -2.25. The molecular weight excluding hydrogens is 274 g/mol. The minimum atomic E-state index is -0.0242. The molecular formula is C14H21N3O2S. The summed E-state index contributed by atoms with van der Waals surface area (Å²) in [5.74, 6) is 0.704. The lowest BCUT2D eigenvalue weighted by Crippen LogP contribution is -2.30. The van der Waals surface area contributed by atoms with E-state index in [9.17, 15) is 4.79 Å². The molecule has 0 unspecified atom stereocenters. The summed E-state index contributed by atoms with van der Waals surface area (Å²) in [4.78, 5) is 19.0. The van der Waals surface area contributed by atoms with Gasteiger partial charge in [0.25, 0.3) is 0 Å². The maximum Gasteiger partial charge on any atom is 0.230 e. The van der Waals surface area contributed by atoms with E-state index in [1.165, 1.54) is 19.3 Å². The quantitative estimate of drug-likeness (QED) is 0.931. The van der Waals surface area contributed by atoms with Gasteiger partial charge in [0.05, 0.1) is 12.5 Å². The highest BCUT2D eigenvalue weighted by Gasteiger charge is 2.23. The molecule has 110 valence electrons. The molecule has 6 heteroatoms. The molecule has 0 bridgehead atoms. The van der Waals surface area contributed by atoms with Crippen LogP contribution in [0.2, 0.25) is 0 Å². The monoisotopic (exact) mass is 295 g/mol. The number of nitrogens with one attached hydrogen (secondary N) is 1. The lowest BCUT2D eigenvalue weighted by atomic mass is 10.0. The molecule has 1 N–H and O–H groups in total. The SMILES string of the molecule is O=C(Nc1csc(N2CCCCC2)n1)[C@H]1CCCOC1. The number of hydrogen-bond acceptors (Lipinski definition) is 5. The minimum absolute atomic E-state index is 0.0242. The number of ether oxygens (including phenoxy) is 1. The summed E-state index contributed by atoms with van der Waals surface area (Å²) >= 11 is 1.61. The van der Waals surface area contributed by atoms with Crippen LogP contribution in [-0.2, 0) is 9.53 Å². The van der Waals surface area contributed by atoms with Crippen LogP contribution in [0.1, 0.15) is 32.1 Å². The molecule has 2 fully saturated rings. The van der Waals surface area contributed by atoms with Gasteiger partial charge in [0, 0.05) is 25.1 Å². The van der Waals surface area contributed by atoms with Crippen LogP contribution in [-0.4, -0.2) is 37.2 Å². The normalized spacial score (nSPS) is 23.6. The predicted molar refractivity (Wildman–Crippen MR) is 80.4 cm³/mol. The Balaban J connectivity index is 1.57. The van der Waals surface area contributed by atoms with Gasteiger partial charge in [0.1, 0.15) is 5.82 Å². The van der Waals surface area contributed by atoms with E-state index in [0.717, 1.165) is 37.7 Å². The molecule has 2 aliphatic heterocycles. The first-order chi connectivity index (χ1) is 9.83. The molecule has 1 aromatic rings. The van der Waals surface area contributed by atoms with Crippen LogP contribution in [0.4, 0.5) is 10.9 Å².